The van der Waals surface area contributed by atoms with Crippen molar-refractivity contribution in [1.82, 2.24) is 5.32 Å². The zero-order valence-corrected chi connectivity index (χ0v) is 10.2. The van der Waals surface area contributed by atoms with Gasteiger partial charge in [0.1, 0.15) is 5.76 Å². The standard InChI is InChI=1S/C12H19NO4/c1-9(2)16-7-3-6-13-8-10-4-5-11(17-10)12(14)15/h4-5,9,13H,3,6-8H2,1-2H3,(H,14,15). The van der Waals surface area contributed by atoms with Crippen molar-refractivity contribution in [2.45, 2.75) is 32.9 Å². The fourth-order valence-electron chi connectivity index (χ4n) is 1.32. The Hall–Kier alpha value is -1.33. The summed E-state index contributed by atoms with van der Waals surface area (Å²) in [6.45, 7) is 6.08. The minimum absolute atomic E-state index is 0.0232. The number of carboxylic acids is 1. The van der Waals surface area contributed by atoms with E-state index in [-0.39, 0.29) is 11.9 Å². The van der Waals surface area contributed by atoms with Crippen LogP contribution in [0.4, 0.5) is 0 Å². The van der Waals surface area contributed by atoms with Crippen LogP contribution in [0.2, 0.25) is 0 Å². The number of aromatic carboxylic acids is 1. The van der Waals surface area contributed by atoms with Gasteiger partial charge in [-0.05, 0) is 38.9 Å². The van der Waals surface area contributed by atoms with Crippen LogP contribution in [0.1, 0.15) is 36.6 Å². The summed E-state index contributed by atoms with van der Waals surface area (Å²) in [5.74, 6) is -0.432. The van der Waals surface area contributed by atoms with Crippen molar-refractivity contribution in [2.24, 2.45) is 0 Å². The lowest BCUT2D eigenvalue weighted by Gasteiger charge is -2.07. The summed E-state index contributed by atoms with van der Waals surface area (Å²) in [4.78, 5) is 10.6. The number of ether oxygens (including phenoxy) is 1. The quantitative estimate of drug-likeness (QED) is 0.680. The maximum Gasteiger partial charge on any atom is 0.371 e. The Labute approximate surface area is 101 Å². The van der Waals surface area contributed by atoms with E-state index in [1.165, 1.54) is 6.07 Å². The molecule has 1 aromatic rings. The maximum absolute atomic E-state index is 10.6. The average molecular weight is 241 g/mol. The van der Waals surface area contributed by atoms with E-state index in [0.29, 0.717) is 12.3 Å². The third kappa shape index (κ3) is 5.51. The highest BCUT2D eigenvalue weighted by Gasteiger charge is 2.07. The van der Waals surface area contributed by atoms with Crippen molar-refractivity contribution in [1.29, 1.82) is 0 Å². The summed E-state index contributed by atoms with van der Waals surface area (Å²) < 4.78 is 10.5. The highest BCUT2D eigenvalue weighted by Crippen LogP contribution is 2.07. The Balaban J connectivity index is 2.11. The van der Waals surface area contributed by atoms with Gasteiger partial charge in [0.2, 0.25) is 5.76 Å². The third-order valence-corrected chi connectivity index (χ3v) is 2.12. The fraction of sp³-hybridized carbons (Fsp3) is 0.583. The molecule has 0 aromatic carbocycles. The van der Waals surface area contributed by atoms with Crippen molar-refractivity contribution in [3.8, 4) is 0 Å². The minimum Gasteiger partial charge on any atom is -0.475 e. The van der Waals surface area contributed by atoms with Gasteiger partial charge in [-0.2, -0.15) is 0 Å². The van der Waals surface area contributed by atoms with Crippen LogP contribution in [0.25, 0.3) is 0 Å². The molecule has 0 unspecified atom stereocenters. The molecule has 5 nitrogen and oxygen atoms in total. The molecule has 0 spiro atoms. The van der Waals surface area contributed by atoms with Crippen molar-refractivity contribution in [3.05, 3.63) is 23.7 Å². The Bertz CT molecular complexity index is 346. The first-order valence-electron chi connectivity index (χ1n) is 5.74. The fourth-order valence-corrected chi connectivity index (χ4v) is 1.32. The second-order valence-electron chi connectivity index (χ2n) is 4.02. The molecule has 0 saturated heterocycles. The van der Waals surface area contributed by atoms with E-state index in [4.69, 9.17) is 14.3 Å². The SMILES string of the molecule is CC(C)OCCCNCc1ccc(C(=O)O)o1. The van der Waals surface area contributed by atoms with Crippen molar-refractivity contribution >= 4 is 5.97 Å². The highest BCUT2D eigenvalue weighted by atomic mass is 16.5. The Morgan fingerprint density at radius 3 is 2.88 bits per heavy atom. The van der Waals surface area contributed by atoms with Crippen LogP contribution in [-0.4, -0.2) is 30.3 Å². The van der Waals surface area contributed by atoms with Crippen LogP contribution in [0, 0.1) is 0 Å². The molecule has 1 rings (SSSR count). The number of nitrogens with one attached hydrogen (secondary N) is 1. The molecule has 1 aromatic heterocycles. The summed E-state index contributed by atoms with van der Waals surface area (Å²) in [6.07, 6.45) is 1.18. The molecule has 17 heavy (non-hydrogen) atoms. The average Bonchev–Trinajstić information content (AvgIpc) is 2.71. The molecule has 0 fully saturated rings. The normalized spacial score (nSPS) is 11.0. The molecule has 0 atom stereocenters. The Kier molecular flexibility index (Phi) is 5.72. The lowest BCUT2D eigenvalue weighted by Crippen LogP contribution is -2.17. The van der Waals surface area contributed by atoms with Gasteiger partial charge < -0.3 is 19.6 Å². The lowest BCUT2D eigenvalue weighted by atomic mass is 10.4. The molecule has 0 aliphatic heterocycles. The Morgan fingerprint density at radius 2 is 2.29 bits per heavy atom. The van der Waals surface area contributed by atoms with Gasteiger partial charge in [-0.3, -0.25) is 0 Å². The van der Waals surface area contributed by atoms with Crippen LogP contribution in [0.15, 0.2) is 16.5 Å². The van der Waals surface area contributed by atoms with Crippen LogP contribution in [0.3, 0.4) is 0 Å². The first-order valence-corrected chi connectivity index (χ1v) is 5.74. The van der Waals surface area contributed by atoms with Gasteiger partial charge in [0, 0.05) is 6.61 Å². The molecule has 0 saturated carbocycles. The number of hydrogen-bond acceptors (Lipinski definition) is 4. The summed E-state index contributed by atoms with van der Waals surface area (Å²) in [6, 6.07) is 3.13. The van der Waals surface area contributed by atoms with Gasteiger partial charge >= 0.3 is 5.97 Å². The van der Waals surface area contributed by atoms with Crippen LogP contribution < -0.4 is 5.32 Å². The van der Waals surface area contributed by atoms with E-state index in [2.05, 4.69) is 5.32 Å². The number of rotatable bonds is 8. The van der Waals surface area contributed by atoms with E-state index in [1.807, 2.05) is 13.8 Å². The highest BCUT2D eigenvalue weighted by molar-refractivity contribution is 5.84. The summed E-state index contributed by atoms with van der Waals surface area (Å²) >= 11 is 0. The Morgan fingerprint density at radius 1 is 1.53 bits per heavy atom. The van der Waals surface area contributed by atoms with Crippen LogP contribution in [0.5, 0.6) is 0 Å². The topological polar surface area (TPSA) is 71.7 Å². The monoisotopic (exact) mass is 241 g/mol. The molecule has 0 aliphatic carbocycles. The van der Waals surface area contributed by atoms with E-state index in [9.17, 15) is 4.79 Å². The maximum atomic E-state index is 10.6. The molecule has 0 radical (unpaired) electrons. The largest absolute Gasteiger partial charge is 0.475 e. The summed E-state index contributed by atoms with van der Waals surface area (Å²) in [5, 5.41) is 11.8. The lowest BCUT2D eigenvalue weighted by molar-refractivity contribution is 0.0660. The molecule has 2 N–H and O–H groups in total. The minimum atomic E-state index is -1.04. The van der Waals surface area contributed by atoms with Crippen molar-refractivity contribution in [3.63, 3.8) is 0 Å². The van der Waals surface area contributed by atoms with Crippen molar-refractivity contribution < 1.29 is 19.1 Å². The number of carbonyl (C=O) groups is 1. The third-order valence-electron chi connectivity index (χ3n) is 2.12. The van der Waals surface area contributed by atoms with Crippen LogP contribution in [-0.2, 0) is 11.3 Å². The molecular weight excluding hydrogens is 222 g/mol. The zero-order valence-electron chi connectivity index (χ0n) is 10.2. The zero-order chi connectivity index (χ0) is 12.7. The van der Waals surface area contributed by atoms with Gasteiger partial charge in [-0.1, -0.05) is 0 Å². The molecular formula is C12H19NO4. The second-order valence-corrected chi connectivity index (χ2v) is 4.02. The van der Waals surface area contributed by atoms with E-state index in [0.717, 1.165) is 19.6 Å². The molecule has 5 heteroatoms. The molecule has 0 amide bonds. The molecule has 0 bridgehead atoms. The van der Waals surface area contributed by atoms with E-state index >= 15 is 0 Å². The molecule has 0 aliphatic rings. The number of carboxylic acid groups (broad SMARTS) is 1. The molecule has 1 heterocycles. The first-order chi connectivity index (χ1) is 8.09. The molecule has 96 valence electrons. The number of furan rings is 1. The van der Waals surface area contributed by atoms with Crippen molar-refractivity contribution in [2.75, 3.05) is 13.2 Å². The van der Waals surface area contributed by atoms with E-state index in [1.54, 1.807) is 6.07 Å². The number of hydrogen-bond donors (Lipinski definition) is 2. The summed E-state index contributed by atoms with van der Waals surface area (Å²) in [7, 11) is 0. The predicted octanol–water partition coefficient (Wildman–Crippen LogP) is 1.88. The van der Waals surface area contributed by atoms with Gasteiger partial charge in [0.15, 0.2) is 0 Å². The van der Waals surface area contributed by atoms with Gasteiger partial charge in [-0.15, -0.1) is 0 Å². The van der Waals surface area contributed by atoms with Gasteiger partial charge in [0.05, 0.1) is 12.6 Å². The van der Waals surface area contributed by atoms with Gasteiger partial charge in [0.25, 0.3) is 0 Å². The van der Waals surface area contributed by atoms with E-state index < -0.39 is 5.97 Å². The van der Waals surface area contributed by atoms with Gasteiger partial charge in [-0.25, -0.2) is 4.79 Å². The summed E-state index contributed by atoms with van der Waals surface area (Å²) in [5.41, 5.74) is 0. The van der Waals surface area contributed by atoms with Crippen LogP contribution >= 0.6 is 0 Å². The second kappa shape index (κ2) is 7.09. The predicted molar refractivity (Wildman–Crippen MR) is 63.1 cm³/mol. The smallest absolute Gasteiger partial charge is 0.371 e. The first kappa shape index (κ1) is 13.7.